The van der Waals surface area contributed by atoms with Crippen LogP contribution in [0, 0.1) is 0 Å². The van der Waals surface area contributed by atoms with Gasteiger partial charge in [-0.1, -0.05) is 23.2 Å². The van der Waals surface area contributed by atoms with Gasteiger partial charge < -0.3 is 14.2 Å². The van der Waals surface area contributed by atoms with Gasteiger partial charge >= 0.3 is 11.9 Å². The Kier molecular flexibility index (Phi) is 5.25. The number of methoxy groups -OCH3 is 2. The molecule has 0 atom stereocenters. The highest BCUT2D eigenvalue weighted by Crippen LogP contribution is 2.34. The molecule has 0 N–H and O–H groups in total. The highest BCUT2D eigenvalue weighted by Gasteiger charge is 2.21. The lowest BCUT2D eigenvalue weighted by atomic mass is 10.2. The zero-order chi connectivity index (χ0) is 13.7. The SMILES string of the molecule is COC(=O)COC(=O)c1c(Cl)ccc(Cl)c1OC. The number of carbonyl (C=O) groups excluding carboxylic acids is 2. The van der Waals surface area contributed by atoms with E-state index in [-0.39, 0.29) is 21.4 Å². The standard InChI is InChI=1S/C11H10Cl2O5/c1-16-8(14)5-18-11(15)9-6(12)3-4-7(13)10(9)17-2/h3-4H,5H2,1-2H3. The molecule has 18 heavy (non-hydrogen) atoms. The molecule has 1 aromatic rings. The predicted molar refractivity (Wildman–Crippen MR) is 65.3 cm³/mol. The summed E-state index contributed by atoms with van der Waals surface area (Å²) in [6, 6.07) is 2.92. The second-order valence-electron chi connectivity index (χ2n) is 3.09. The van der Waals surface area contributed by atoms with Crippen LogP contribution in [0.15, 0.2) is 12.1 Å². The summed E-state index contributed by atoms with van der Waals surface area (Å²) in [6.45, 7) is -0.513. The highest BCUT2D eigenvalue weighted by atomic mass is 35.5. The Bertz CT molecular complexity index is 473. The summed E-state index contributed by atoms with van der Waals surface area (Å²) in [7, 11) is 2.53. The van der Waals surface area contributed by atoms with Gasteiger partial charge in [0.2, 0.25) is 0 Å². The summed E-state index contributed by atoms with van der Waals surface area (Å²) in [5.41, 5.74) is -0.0319. The number of carbonyl (C=O) groups is 2. The normalized spacial score (nSPS) is 9.78. The van der Waals surface area contributed by atoms with Crippen LogP contribution >= 0.6 is 23.2 Å². The fourth-order valence-corrected chi connectivity index (χ4v) is 1.64. The van der Waals surface area contributed by atoms with E-state index >= 15 is 0 Å². The van der Waals surface area contributed by atoms with Crippen LogP contribution in [-0.4, -0.2) is 32.8 Å². The largest absolute Gasteiger partial charge is 0.494 e. The van der Waals surface area contributed by atoms with E-state index in [9.17, 15) is 9.59 Å². The van der Waals surface area contributed by atoms with E-state index in [1.807, 2.05) is 0 Å². The Hall–Kier alpha value is -1.46. The van der Waals surface area contributed by atoms with E-state index in [0.717, 1.165) is 0 Å². The minimum atomic E-state index is -0.815. The van der Waals surface area contributed by atoms with Gasteiger partial charge in [0.05, 0.1) is 24.3 Å². The van der Waals surface area contributed by atoms with E-state index in [2.05, 4.69) is 4.74 Å². The molecular weight excluding hydrogens is 283 g/mol. The molecule has 1 rings (SSSR count). The number of rotatable bonds is 4. The average Bonchev–Trinajstić information content (AvgIpc) is 2.37. The molecule has 98 valence electrons. The molecule has 1 aromatic carbocycles. The second kappa shape index (κ2) is 6.47. The van der Waals surface area contributed by atoms with Gasteiger partial charge in [0, 0.05) is 0 Å². The first-order valence-electron chi connectivity index (χ1n) is 4.77. The summed E-state index contributed by atoms with van der Waals surface area (Å²) in [6.07, 6.45) is 0. The smallest absolute Gasteiger partial charge is 0.344 e. The number of hydrogen-bond donors (Lipinski definition) is 0. The molecule has 0 spiro atoms. The van der Waals surface area contributed by atoms with E-state index < -0.39 is 18.5 Å². The van der Waals surface area contributed by atoms with Crippen LogP contribution < -0.4 is 4.74 Å². The van der Waals surface area contributed by atoms with Crippen molar-refractivity contribution >= 4 is 35.1 Å². The molecule has 0 amide bonds. The number of benzene rings is 1. The van der Waals surface area contributed by atoms with Gasteiger partial charge in [-0.05, 0) is 12.1 Å². The molecule has 0 fully saturated rings. The molecule has 0 saturated heterocycles. The van der Waals surface area contributed by atoms with Gasteiger partial charge in [-0.3, -0.25) is 0 Å². The molecule has 0 heterocycles. The lowest BCUT2D eigenvalue weighted by Crippen LogP contribution is -2.16. The van der Waals surface area contributed by atoms with Crippen LogP contribution in [0.4, 0.5) is 0 Å². The van der Waals surface area contributed by atoms with Gasteiger partial charge in [-0.2, -0.15) is 0 Å². The second-order valence-corrected chi connectivity index (χ2v) is 3.90. The van der Waals surface area contributed by atoms with Crippen molar-refractivity contribution in [3.63, 3.8) is 0 Å². The topological polar surface area (TPSA) is 61.8 Å². The maximum atomic E-state index is 11.8. The fraction of sp³-hybridized carbons (Fsp3) is 0.273. The lowest BCUT2D eigenvalue weighted by molar-refractivity contribution is -0.144. The van der Waals surface area contributed by atoms with Gasteiger partial charge in [-0.25, -0.2) is 9.59 Å². The number of ether oxygens (including phenoxy) is 3. The minimum Gasteiger partial charge on any atom is -0.494 e. The number of hydrogen-bond acceptors (Lipinski definition) is 5. The third kappa shape index (κ3) is 3.27. The third-order valence-electron chi connectivity index (χ3n) is 2.02. The van der Waals surface area contributed by atoms with E-state index in [1.165, 1.54) is 26.4 Å². The van der Waals surface area contributed by atoms with Crippen LogP contribution in [0.25, 0.3) is 0 Å². The Morgan fingerprint density at radius 1 is 1.17 bits per heavy atom. The number of halogens is 2. The molecule has 0 aliphatic carbocycles. The van der Waals surface area contributed by atoms with Crippen LogP contribution in [0.3, 0.4) is 0 Å². The van der Waals surface area contributed by atoms with Crippen LogP contribution in [-0.2, 0) is 14.3 Å². The van der Waals surface area contributed by atoms with Crippen molar-refractivity contribution in [2.75, 3.05) is 20.8 Å². The Balaban J connectivity index is 2.98. The minimum absolute atomic E-state index is 0.0319. The van der Waals surface area contributed by atoms with Crippen molar-refractivity contribution in [2.24, 2.45) is 0 Å². The van der Waals surface area contributed by atoms with Crippen LogP contribution in [0.1, 0.15) is 10.4 Å². The maximum Gasteiger partial charge on any atom is 0.344 e. The first kappa shape index (κ1) is 14.6. The molecule has 0 aliphatic rings. The van der Waals surface area contributed by atoms with Gasteiger partial charge in [0.15, 0.2) is 12.4 Å². The van der Waals surface area contributed by atoms with Crippen LogP contribution in [0.2, 0.25) is 10.0 Å². The lowest BCUT2D eigenvalue weighted by Gasteiger charge is -2.11. The summed E-state index contributed by atoms with van der Waals surface area (Å²) in [5, 5.41) is 0.332. The van der Waals surface area contributed by atoms with Crippen LogP contribution in [0.5, 0.6) is 5.75 Å². The van der Waals surface area contributed by atoms with Crippen molar-refractivity contribution in [3.05, 3.63) is 27.7 Å². The Labute approximate surface area is 114 Å². The third-order valence-corrected chi connectivity index (χ3v) is 2.63. The Morgan fingerprint density at radius 3 is 2.33 bits per heavy atom. The molecule has 0 saturated carbocycles. The van der Waals surface area contributed by atoms with Crippen molar-refractivity contribution in [1.29, 1.82) is 0 Å². The number of esters is 2. The first-order valence-corrected chi connectivity index (χ1v) is 5.52. The van der Waals surface area contributed by atoms with E-state index in [4.69, 9.17) is 32.7 Å². The molecule has 7 heteroatoms. The fourth-order valence-electron chi connectivity index (χ4n) is 1.18. The quantitative estimate of drug-likeness (QED) is 0.797. The van der Waals surface area contributed by atoms with E-state index in [1.54, 1.807) is 0 Å². The van der Waals surface area contributed by atoms with Crippen molar-refractivity contribution in [3.8, 4) is 5.75 Å². The molecule has 0 unspecified atom stereocenters. The van der Waals surface area contributed by atoms with Gasteiger partial charge in [-0.15, -0.1) is 0 Å². The predicted octanol–water partition coefficient (Wildman–Crippen LogP) is 2.33. The molecule has 0 aromatic heterocycles. The van der Waals surface area contributed by atoms with Crippen molar-refractivity contribution < 1.29 is 23.8 Å². The maximum absolute atomic E-state index is 11.8. The van der Waals surface area contributed by atoms with Crippen molar-refractivity contribution in [1.82, 2.24) is 0 Å². The van der Waals surface area contributed by atoms with Gasteiger partial charge in [0.25, 0.3) is 0 Å². The monoisotopic (exact) mass is 292 g/mol. The summed E-state index contributed by atoms with van der Waals surface area (Å²) in [5.74, 6) is -1.40. The summed E-state index contributed by atoms with van der Waals surface area (Å²) < 4.78 is 14.0. The summed E-state index contributed by atoms with van der Waals surface area (Å²) in [4.78, 5) is 22.6. The van der Waals surface area contributed by atoms with E-state index in [0.29, 0.717) is 0 Å². The molecule has 0 bridgehead atoms. The Morgan fingerprint density at radius 2 is 1.78 bits per heavy atom. The average molecular weight is 293 g/mol. The van der Waals surface area contributed by atoms with Crippen molar-refractivity contribution in [2.45, 2.75) is 0 Å². The molecular formula is C11H10Cl2O5. The highest BCUT2D eigenvalue weighted by molar-refractivity contribution is 6.37. The molecule has 0 aliphatic heterocycles. The molecule has 0 radical (unpaired) electrons. The zero-order valence-electron chi connectivity index (χ0n) is 9.66. The zero-order valence-corrected chi connectivity index (χ0v) is 11.2. The van der Waals surface area contributed by atoms with Gasteiger partial charge in [0.1, 0.15) is 5.56 Å². The first-order chi connectivity index (χ1) is 8.51. The summed E-state index contributed by atoms with van der Waals surface area (Å²) >= 11 is 11.7. The molecule has 5 nitrogen and oxygen atoms in total.